The van der Waals surface area contributed by atoms with E-state index in [0.717, 1.165) is 22.6 Å². The van der Waals surface area contributed by atoms with Crippen LogP contribution in [0.1, 0.15) is 23.6 Å². The van der Waals surface area contributed by atoms with Gasteiger partial charge >= 0.3 is 0 Å². The summed E-state index contributed by atoms with van der Waals surface area (Å²) in [5.41, 5.74) is 9.07. The Morgan fingerprint density at radius 2 is 1.80 bits per heavy atom. The third kappa shape index (κ3) is 3.75. The molecule has 0 saturated heterocycles. The lowest BCUT2D eigenvalue weighted by atomic mass is 10.1. The lowest BCUT2D eigenvalue weighted by molar-refractivity contribution is 0.269. The molecule has 0 aliphatic heterocycles. The molecule has 0 aromatic heterocycles. The Labute approximate surface area is 120 Å². The number of ether oxygens (including phenoxy) is 2. The topological polar surface area (TPSA) is 44.5 Å². The molecule has 0 saturated carbocycles. The third-order valence-electron chi connectivity index (χ3n) is 3.02. The fourth-order valence-electron chi connectivity index (χ4n) is 2.03. The van der Waals surface area contributed by atoms with Crippen LogP contribution in [0.3, 0.4) is 0 Å². The summed E-state index contributed by atoms with van der Waals surface area (Å²) in [5.74, 6) is 1.51. The van der Waals surface area contributed by atoms with E-state index in [2.05, 4.69) is 25.1 Å². The maximum absolute atomic E-state index is 5.86. The van der Waals surface area contributed by atoms with Gasteiger partial charge in [-0.2, -0.15) is 0 Å². The predicted molar refractivity (Wildman–Crippen MR) is 81.0 cm³/mol. The second-order valence-corrected chi connectivity index (χ2v) is 4.70. The summed E-state index contributed by atoms with van der Waals surface area (Å²) in [7, 11) is 0. The number of nitrogens with two attached hydrogens (primary N) is 1. The normalized spacial score (nSPS) is 10.3. The second-order valence-electron chi connectivity index (χ2n) is 4.70. The zero-order valence-electron chi connectivity index (χ0n) is 12.1. The molecule has 0 unspecified atom stereocenters. The molecule has 0 heterocycles. The first kappa shape index (κ1) is 14.4. The zero-order valence-corrected chi connectivity index (χ0v) is 12.1. The Balaban J connectivity index is 2.12. The Morgan fingerprint density at radius 3 is 2.50 bits per heavy atom. The van der Waals surface area contributed by atoms with Crippen molar-refractivity contribution < 1.29 is 9.47 Å². The van der Waals surface area contributed by atoms with E-state index in [4.69, 9.17) is 15.2 Å². The van der Waals surface area contributed by atoms with Crippen molar-refractivity contribution in [2.24, 2.45) is 5.73 Å². The number of aryl methyl sites for hydroxylation is 1. The van der Waals surface area contributed by atoms with Gasteiger partial charge in [0, 0.05) is 6.54 Å². The van der Waals surface area contributed by atoms with Crippen LogP contribution in [-0.2, 0) is 13.2 Å². The molecule has 3 heteroatoms. The van der Waals surface area contributed by atoms with Crippen LogP contribution >= 0.6 is 0 Å². The molecule has 0 radical (unpaired) electrons. The maximum atomic E-state index is 5.86. The highest BCUT2D eigenvalue weighted by molar-refractivity contribution is 5.43. The first-order valence-corrected chi connectivity index (χ1v) is 6.87. The molecule has 0 bridgehead atoms. The molecule has 2 aromatic carbocycles. The van der Waals surface area contributed by atoms with Gasteiger partial charge in [0.15, 0.2) is 11.5 Å². The largest absolute Gasteiger partial charge is 0.490 e. The van der Waals surface area contributed by atoms with E-state index in [1.54, 1.807) is 0 Å². The Morgan fingerprint density at radius 1 is 0.950 bits per heavy atom. The zero-order chi connectivity index (χ0) is 14.4. The summed E-state index contributed by atoms with van der Waals surface area (Å²) in [6.45, 7) is 5.67. The standard InChI is InChI=1S/C17H21NO2/c1-3-19-17-10-14(11-18)7-8-16(17)20-12-15-6-4-5-13(2)9-15/h4-10H,3,11-12,18H2,1-2H3. The summed E-state index contributed by atoms with van der Waals surface area (Å²) in [4.78, 5) is 0. The minimum Gasteiger partial charge on any atom is -0.490 e. The van der Waals surface area contributed by atoms with E-state index in [1.165, 1.54) is 5.56 Å². The Kier molecular flexibility index (Phi) is 5.02. The number of rotatable bonds is 6. The average Bonchev–Trinajstić information content (AvgIpc) is 2.46. The quantitative estimate of drug-likeness (QED) is 0.875. The van der Waals surface area contributed by atoms with Gasteiger partial charge in [-0.3, -0.25) is 0 Å². The molecule has 0 amide bonds. The molecule has 0 aliphatic rings. The smallest absolute Gasteiger partial charge is 0.161 e. The molecule has 3 nitrogen and oxygen atoms in total. The van der Waals surface area contributed by atoms with Gasteiger partial charge in [0.25, 0.3) is 0 Å². The number of benzene rings is 2. The van der Waals surface area contributed by atoms with Gasteiger partial charge in [-0.25, -0.2) is 0 Å². The first-order chi connectivity index (χ1) is 9.72. The third-order valence-corrected chi connectivity index (χ3v) is 3.02. The predicted octanol–water partition coefficient (Wildman–Crippen LogP) is 3.43. The highest BCUT2D eigenvalue weighted by Crippen LogP contribution is 2.29. The lowest BCUT2D eigenvalue weighted by Gasteiger charge is -2.13. The molecule has 2 N–H and O–H groups in total. The van der Waals surface area contributed by atoms with Crippen molar-refractivity contribution in [2.75, 3.05) is 6.61 Å². The molecule has 2 aromatic rings. The fraction of sp³-hybridized carbons (Fsp3) is 0.294. The van der Waals surface area contributed by atoms with E-state index in [1.807, 2.05) is 31.2 Å². The summed E-state index contributed by atoms with van der Waals surface area (Å²) in [6, 6.07) is 14.1. The summed E-state index contributed by atoms with van der Waals surface area (Å²) in [5, 5.41) is 0. The van der Waals surface area contributed by atoms with Gasteiger partial charge in [0.05, 0.1) is 6.61 Å². The van der Waals surface area contributed by atoms with Crippen LogP contribution in [0, 0.1) is 6.92 Å². The highest BCUT2D eigenvalue weighted by atomic mass is 16.5. The van der Waals surface area contributed by atoms with Crippen molar-refractivity contribution in [3.8, 4) is 11.5 Å². The van der Waals surface area contributed by atoms with E-state index in [9.17, 15) is 0 Å². The summed E-state index contributed by atoms with van der Waals surface area (Å²) >= 11 is 0. The van der Waals surface area contributed by atoms with Crippen LogP contribution in [0.25, 0.3) is 0 Å². The average molecular weight is 271 g/mol. The highest BCUT2D eigenvalue weighted by Gasteiger charge is 2.06. The van der Waals surface area contributed by atoms with Crippen LogP contribution in [-0.4, -0.2) is 6.61 Å². The van der Waals surface area contributed by atoms with Gasteiger partial charge in [-0.1, -0.05) is 35.9 Å². The second kappa shape index (κ2) is 6.96. The number of hydrogen-bond acceptors (Lipinski definition) is 3. The molecule has 0 atom stereocenters. The molecule has 2 rings (SSSR count). The van der Waals surface area contributed by atoms with E-state index >= 15 is 0 Å². The summed E-state index contributed by atoms with van der Waals surface area (Å²) in [6.07, 6.45) is 0. The van der Waals surface area contributed by atoms with Crippen LogP contribution in [0.15, 0.2) is 42.5 Å². The molecule has 106 valence electrons. The fourth-order valence-corrected chi connectivity index (χ4v) is 2.03. The molecule has 0 fully saturated rings. The van der Waals surface area contributed by atoms with Gasteiger partial charge in [-0.05, 0) is 37.1 Å². The van der Waals surface area contributed by atoms with Crippen molar-refractivity contribution in [3.05, 3.63) is 59.2 Å². The van der Waals surface area contributed by atoms with Crippen molar-refractivity contribution in [1.82, 2.24) is 0 Å². The van der Waals surface area contributed by atoms with Crippen LogP contribution in [0.2, 0.25) is 0 Å². The summed E-state index contributed by atoms with van der Waals surface area (Å²) < 4.78 is 11.5. The first-order valence-electron chi connectivity index (χ1n) is 6.87. The van der Waals surface area contributed by atoms with Crippen molar-refractivity contribution in [3.63, 3.8) is 0 Å². The van der Waals surface area contributed by atoms with E-state index in [-0.39, 0.29) is 0 Å². The van der Waals surface area contributed by atoms with Crippen molar-refractivity contribution in [2.45, 2.75) is 27.0 Å². The van der Waals surface area contributed by atoms with Crippen LogP contribution in [0.4, 0.5) is 0 Å². The molecular weight excluding hydrogens is 250 g/mol. The monoisotopic (exact) mass is 271 g/mol. The molecule has 0 aliphatic carbocycles. The lowest BCUT2D eigenvalue weighted by Crippen LogP contribution is -2.02. The van der Waals surface area contributed by atoms with Crippen molar-refractivity contribution >= 4 is 0 Å². The SMILES string of the molecule is CCOc1cc(CN)ccc1OCc1cccc(C)c1. The Hall–Kier alpha value is -2.00. The molecule has 20 heavy (non-hydrogen) atoms. The van der Waals surface area contributed by atoms with Gasteiger partial charge in [0.2, 0.25) is 0 Å². The van der Waals surface area contributed by atoms with Gasteiger partial charge in [0.1, 0.15) is 6.61 Å². The van der Waals surface area contributed by atoms with Gasteiger partial charge < -0.3 is 15.2 Å². The molecule has 0 spiro atoms. The van der Waals surface area contributed by atoms with Crippen molar-refractivity contribution in [1.29, 1.82) is 0 Å². The minimum atomic E-state index is 0.498. The van der Waals surface area contributed by atoms with E-state index < -0.39 is 0 Å². The minimum absolute atomic E-state index is 0.498. The van der Waals surface area contributed by atoms with E-state index in [0.29, 0.717) is 19.8 Å². The van der Waals surface area contributed by atoms with Gasteiger partial charge in [-0.15, -0.1) is 0 Å². The molecular formula is C17H21NO2. The number of hydrogen-bond donors (Lipinski definition) is 1. The van der Waals surface area contributed by atoms with Crippen LogP contribution < -0.4 is 15.2 Å². The Bertz CT molecular complexity index is 567. The van der Waals surface area contributed by atoms with Crippen LogP contribution in [0.5, 0.6) is 11.5 Å². The maximum Gasteiger partial charge on any atom is 0.161 e.